The Morgan fingerprint density at radius 1 is 1.39 bits per heavy atom. The van der Waals surface area contributed by atoms with Crippen LogP contribution in [0.15, 0.2) is 12.3 Å². The lowest BCUT2D eigenvalue weighted by Gasteiger charge is -2.39. The van der Waals surface area contributed by atoms with Gasteiger partial charge in [0.05, 0.1) is 17.3 Å². The molecule has 23 heavy (non-hydrogen) atoms. The number of anilines is 2. The van der Waals surface area contributed by atoms with Crippen molar-refractivity contribution in [3.63, 3.8) is 0 Å². The summed E-state index contributed by atoms with van der Waals surface area (Å²) in [5.41, 5.74) is -0.949. The van der Waals surface area contributed by atoms with Gasteiger partial charge in [0.15, 0.2) is 5.82 Å². The SMILES string of the molecule is O=C1CC2CN(C(=O)O)CCN2c2ncc(C(F)(F)F)cc2N1. The number of hydrogen-bond acceptors (Lipinski definition) is 4. The number of carbonyl (C=O) groups excluding carboxylic acids is 1. The molecule has 10 heteroatoms. The van der Waals surface area contributed by atoms with Gasteiger partial charge in [-0.05, 0) is 6.07 Å². The summed E-state index contributed by atoms with van der Waals surface area (Å²) in [6.07, 6.45) is -4.94. The van der Waals surface area contributed by atoms with Crippen LogP contribution in [0.4, 0.5) is 29.5 Å². The van der Waals surface area contributed by atoms with Crippen molar-refractivity contribution >= 4 is 23.5 Å². The summed E-state index contributed by atoms with van der Waals surface area (Å²) in [4.78, 5) is 29.7. The molecule has 0 radical (unpaired) electrons. The zero-order valence-corrected chi connectivity index (χ0v) is 11.8. The van der Waals surface area contributed by atoms with Crippen molar-refractivity contribution in [2.75, 3.05) is 29.9 Å². The fourth-order valence-electron chi connectivity index (χ4n) is 2.83. The Hall–Kier alpha value is -2.52. The number of alkyl halides is 3. The second kappa shape index (κ2) is 5.28. The molecular weight excluding hydrogens is 317 g/mol. The predicted molar refractivity (Wildman–Crippen MR) is 73.2 cm³/mol. The van der Waals surface area contributed by atoms with Gasteiger partial charge in [-0.15, -0.1) is 0 Å². The fourth-order valence-corrected chi connectivity index (χ4v) is 2.83. The second-order valence-electron chi connectivity index (χ2n) is 5.42. The molecule has 2 amide bonds. The number of amides is 2. The molecule has 124 valence electrons. The van der Waals surface area contributed by atoms with E-state index in [0.29, 0.717) is 0 Å². The quantitative estimate of drug-likeness (QED) is 0.755. The van der Waals surface area contributed by atoms with Gasteiger partial charge in [0.2, 0.25) is 5.91 Å². The first kappa shape index (κ1) is 15.4. The minimum atomic E-state index is -4.56. The van der Waals surface area contributed by atoms with Crippen LogP contribution in [0.25, 0.3) is 0 Å². The summed E-state index contributed by atoms with van der Waals surface area (Å²) < 4.78 is 38.4. The molecule has 0 saturated carbocycles. The molecule has 0 spiro atoms. The van der Waals surface area contributed by atoms with Crippen molar-refractivity contribution < 1.29 is 27.9 Å². The number of fused-ring (bicyclic) bond motifs is 3. The molecule has 2 aliphatic rings. The summed E-state index contributed by atoms with van der Waals surface area (Å²) in [6, 6.07) is 0.400. The van der Waals surface area contributed by atoms with Gasteiger partial charge in [0.1, 0.15) is 0 Å². The molecule has 0 aliphatic carbocycles. The molecule has 1 unspecified atom stereocenters. The van der Waals surface area contributed by atoms with Crippen molar-refractivity contribution in [3.05, 3.63) is 17.8 Å². The number of carboxylic acid groups (broad SMARTS) is 1. The molecule has 1 atom stereocenters. The highest BCUT2D eigenvalue weighted by atomic mass is 19.4. The van der Waals surface area contributed by atoms with Gasteiger partial charge < -0.3 is 20.2 Å². The first-order valence-electron chi connectivity index (χ1n) is 6.87. The van der Waals surface area contributed by atoms with E-state index in [9.17, 15) is 22.8 Å². The van der Waals surface area contributed by atoms with Gasteiger partial charge in [0.25, 0.3) is 0 Å². The summed E-state index contributed by atoms with van der Waals surface area (Å²) in [7, 11) is 0. The zero-order chi connectivity index (χ0) is 16.8. The van der Waals surface area contributed by atoms with E-state index >= 15 is 0 Å². The van der Waals surface area contributed by atoms with Crippen molar-refractivity contribution in [1.82, 2.24) is 9.88 Å². The molecule has 2 N–H and O–H groups in total. The average molecular weight is 330 g/mol. The number of rotatable bonds is 0. The van der Waals surface area contributed by atoms with Gasteiger partial charge in [-0.3, -0.25) is 4.79 Å². The normalized spacial score (nSPS) is 21.2. The summed E-state index contributed by atoms with van der Waals surface area (Å²) >= 11 is 0. The van der Waals surface area contributed by atoms with Crippen molar-refractivity contribution in [3.8, 4) is 0 Å². The van der Waals surface area contributed by atoms with Crippen molar-refractivity contribution in [1.29, 1.82) is 0 Å². The largest absolute Gasteiger partial charge is 0.465 e. The van der Waals surface area contributed by atoms with Crippen molar-refractivity contribution in [2.45, 2.75) is 18.6 Å². The Morgan fingerprint density at radius 3 is 2.78 bits per heavy atom. The third kappa shape index (κ3) is 2.88. The Labute approximate surface area is 128 Å². The molecule has 0 bridgehead atoms. The van der Waals surface area contributed by atoms with Gasteiger partial charge in [-0.2, -0.15) is 13.2 Å². The Morgan fingerprint density at radius 2 is 2.13 bits per heavy atom. The number of aromatic nitrogens is 1. The van der Waals surface area contributed by atoms with E-state index in [2.05, 4.69) is 10.3 Å². The molecule has 2 aliphatic heterocycles. The second-order valence-corrected chi connectivity index (χ2v) is 5.42. The van der Waals surface area contributed by atoms with Crippen LogP contribution < -0.4 is 10.2 Å². The number of pyridine rings is 1. The smallest absolute Gasteiger partial charge is 0.417 e. The van der Waals surface area contributed by atoms with Gasteiger partial charge in [-0.1, -0.05) is 0 Å². The third-order valence-electron chi connectivity index (χ3n) is 3.91. The Bertz CT molecular complexity index is 664. The van der Waals surface area contributed by atoms with Crippen LogP contribution in [-0.2, 0) is 11.0 Å². The third-order valence-corrected chi connectivity index (χ3v) is 3.91. The number of nitrogens with zero attached hydrogens (tertiary/aromatic N) is 3. The van der Waals surface area contributed by atoms with Gasteiger partial charge in [0, 0.05) is 32.3 Å². The molecule has 3 rings (SSSR count). The van der Waals surface area contributed by atoms with E-state index in [0.717, 1.165) is 12.3 Å². The minimum absolute atomic E-state index is 0.00361. The highest BCUT2D eigenvalue weighted by Gasteiger charge is 2.37. The maximum atomic E-state index is 12.8. The minimum Gasteiger partial charge on any atom is -0.465 e. The lowest BCUT2D eigenvalue weighted by atomic mass is 10.1. The Balaban J connectivity index is 1.97. The molecular formula is C13H13F3N4O3. The average Bonchev–Trinajstić information content (AvgIpc) is 2.59. The molecule has 0 aromatic carbocycles. The van der Waals surface area contributed by atoms with E-state index in [4.69, 9.17) is 5.11 Å². The Kier molecular flexibility index (Phi) is 3.53. The van der Waals surface area contributed by atoms with E-state index in [1.54, 1.807) is 4.90 Å². The van der Waals surface area contributed by atoms with E-state index < -0.39 is 29.8 Å². The number of halogens is 3. The maximum absolute atomic E-state index is 12.8. The highest BCUT2D eigenvalue weighted by Crippen LogP contribution is 2.36. The van der Waals surface area contributed by atoms with Crippen LogP contribution in [0.3, 0.4) is 0 Å². The zero-order valence-electron chi connectivity index (χ0n) is 11.8. The number of nitrogens with one attached hydrogen (secondary N) is 1. The number of piperazine rings is 1. The molecule has 7 nitrogen and oxygen atoms in total. The lowest BCUT2D eigenvalue weighted by Crippen LogP contribution is -2.55. The first-order chi connectivity index (χ1) is 10.8. The van der Waals surface area contributed by atoms with E-state index in [1.165, 1.54) is 4.90 Å². The standard InChI is InChI=1S/C13H13F3N4O3/c14-13(15,16)7-3-9-11(17-5-7)20-2-1-19(12(22)23)6-8(20)4-10(21)18-9/h3,5,8H,1-2,4,6H2,(H,18,21)(H,22,23). The van der Waals surface area contributed by atoms with Gasteiger partial charge >= 0.3 is 12.3 Å². The lowest BCUT2D eigenvalue weighted by molar-refractivity contribution is -0.137. The van der Waals surface area contributed by atoms with Crippen LogP contribution in [0.2, 0.25) is 0 Å². The fraction of sp³-hybridized carbons (Fsp3) is 0.462. The monoisotopic (exact) mass is 330 g/mol. The van der Waals surface area contributed by atoms with Crippen LogP contribution in [-0.4, -0.2) is 52.7 Å². The van der Waals surface area contributed by atoms with E-state index in [1.807, 2.05) is 0 Å². The molecule has 1 fully saturated rings. The van der Waals surface area contributed by atoms with Crippen LogP contribution in [0.1, 0.15) is 12.0 Å². The predicted octanol–water partition coefficient (Wildman–Crippen LogP) is 1.61. The van der Waals surface area contributed by atoms with E-state index in [-0.39, 0.29) is 37.6 Å². The molecule has 1 saturated heterocycles. The highest BCUT2D eigenvalue weighted by molar-refractivity contribution is 5.96. The maximum Gasteiger partial charge on any atom is 0.417 e. The molecule has 1 aromatic rings. The van der Waals surface area contributed by atoms with Crippen LogP contribution in [0.5, 0.6) is 0 Å². The summed E-state index contributed by atoms with van der Waals surface area (Å²) in [6.45, 7) is 0.560. The number of carbonyl (C=O) groups is 2. The van der Waals surface area contributed by atoms with Crippen LogP contribution >= 0.6 is 0 Å². The topological polar surface area (TPSA) is 85.8 Å². The summed E-state index contributed by atoms with van der Waals surface area (Å²) in [5, 5.41) is 11.5. The van der Waals surface area contributed by atoms with Crippen molar-refractivity contribution in [2.24, 2.45) is 0 Å². The first-order valence-corrected chi connectivity index (χ1v) is 6.87. The summed E-state index contributed by atoms with van der Waals surface area (Å²) in [5.74, 6) is -0.231. The molecule has 3 heterocycles. The van der Waals surface area contributed by atoms with Crippen LogP contribution in [0, 0.1) is 0 Å². The molecule has 1 aromatic heterocycles. The number of hydrogen-bond donors (Lipinski definition) is 2. The van der Waals surface area contributed by atoms with Gasteiger partial charge in [-0.25, -0.2) is 9.78 Å².